The number of hydrogen-bond acceptors (Lipinski definition) is 6. The molecule has 3 heterocycles. The summed E-state index contributed by atoms with van der Waals surface area (Å²) >= 11 is 0. The summed E-state index contributed by atoms with van der Waals surface area (Å²) in [6, 6.07) is 14.1. The number of hydrogen-bond donors (Lipinski definition) is 2. The van der Waals surface area contributed by atoms with E-state index < -0.39 is 5.82 Å². The number of carbonyl (C=O) groups excluding carboxylic acids is 1. The largest absolute Gasteiger partial charge is 0.385 e. The van der Waals surface area contributed by atoms with Gasteiger partial charge in [-0.1, -0.05) is 19.1 Å². The summed E-state index contributed by atoms with van der Waals surface area (Å²) in [5.41, 5.74) is 4.68. The van der Waals surface area contributed by atoms with Crippen molar-refractivity contribution in [2.75, 3.05) is 29.9 Å². The fourth-order valence-electron chi connectivity index (χ4n) is 4.39. The molecule has 7 nitrogen and oxygen atoms in total. The Balaban J connectivity index is 1.31. The Morgan fingerprint density at radius 3 is 2.77 bits per heavy atom. The Hall–Kier alpha value is -4.07. The van der Waals surface area contributed by atoms with Crippen LogP contribution < -0.4 is 15.5 Å². The van der Waals surface area contributed by atoms with Crippen molar-refractivity contribution >= 4 is 28.4 Å². The molecule has 4 aromatic rings. The van der Waals surface area contributed by atoms with Crippen LogP contribution in [0.1, 0.15) is 30.1 Å². The fourth-order valence-corrected chi connectivity index (χ4v) is 4.39. The van der Waals surface area contributed by atoms with Gasteiger partial charge in [0.2, 0.25) is 0 Å². The van der Waals surface area contributed by atoms with Crippen LogP contribution in [0, 0.1) is 5.82 Å². The van der Waals surface area contributed by atoms with Crippen molar-refractivity contribution in [1.29, 1.82) is 0 Å². The molecule has 2 aromatic carbocycles. The third-order valence-electron chi connectivity index (χ3n) is 6.18. The van der Waals surface area contributed by atoms with E-state index in [-0.39, 0.29) is 17.5 Å². The molecule has 35 heavy (non-hydrogen) atoms. The quantitative estimate of drug-likeness (QED) is 0.409. The molecule has 178 valence electrons. The molecule has 1 aliphatic heterocycles. The number of aromatic nitrogens is 3. The second-order valence-electron chi connectivity index (χ2n) is 8.66. The highest BCUT2D eigenvalue weighted by Gasteiger charge is 2.26. The van der Waals surface area contributed by atoms with E-state index in [0.29, 0.717) is 6.54 Å². The van der Waals surface area contributed by atoms with Gasteiger partial charge in [0.05, 0.1) is 16.6 Å². The molecule has 5 rings (SSSR count). The maximum absolute atomic E-state index is 13.9. The Bertz CT molecular complexity index is 1340. The summed E-state index contributed by atoms with van der Waals surface area (Å²) in [5.74, 6) is -0.0573. The van der Waals surface area contributed by atoms with Gasteiger partial charge in [-0.25, -0.2) is 9.37 Å². The number of rotatable bonds is 7. The van der Waals surface area contributed by atoms with Crippen LogP contribution in [0.25, 0.3) is 22.2 Å². The summed E-state index contributed by atoms with van der Waals surface area (Å²) in [5, 5.41) is 6.38. The van der Waals surface area contributed by atoms with Crippen LogP contribution in [-0.4, -0.2) is 46.5 Å². The van der Waals surface area contributed by atoms with Crippen molar-refractivity contribution in [3.05, 3.63) is 78.5 Å². The van der Waals surface area contributed by atoms with E-state index in [1.165, 1.54) is 12.1 Å². The minimum atomic E-state index is -0.511. The molecule has 8 heteroatoms. The summed E-state index contributed by atoms with van der Waals surface area (Å²) < 4.78 is 13.9. The summed E-state index contributed by atoms with van der Waals surface area (Å²) in [6.45, 7) is 4.40. The average Bonchev–Trinajstić information content (AvgIpc) is 3.35. The molecule has 1 saturated heterocycles. The van der Waals surface area contributed by atoms with Gasteiger partial charge in [-0.05, 0) is 49.2 Å². The van der Waals surface area contributed by atoms with Crippen molar-refractivity contribution in [3.63, 3.8) is 0 Å². The molecule has 2 aromatic heterocycles. The van der Waals surface area contributed by atoms with Crippen molar-refractivity contribution in [1.82, 2.24) is 20.3 Å². The zero-order chi connectivity index (χ0) is 24.2. The van der Waals surface area contributed by atoms with Crippen molar-refractivity contribution in [3.8, 4) is 11.1 Å². The molecule has 0 spiro atoms. The summed E-state index contributed by atoms with van der Waals surface area (Å²) in [4.78, 5) is 28.3. The normalized spacial score (nSPS) is 15.4. The number of nitrogens with zero attached hydrogens (tertiary/aromatic N) is 4. The second kappa shape index (κ2) is 10.0. The summed E-state index contributed by atoms with van der Waals surface area (Å²) in [7, 11) is 0. The van der Waals surface area contributed by atoms with E-state index in [2.05, 4.69) is 38.5 Å². The minimum Gasteiger partial charge on any atom is -0.385 e. The van der Waals surface area contributed by atoms with Crippen LogP contribution in [0.5, 0.6) is 0 Å². The molecule has 0 radical (unpaired) electrons. The lowest BCUT2D eigenvalue weighted by atomic mass is 10.0. The lowest BCUT2D eigenvalue weighted by Crippen LogP contribution is -2.37. The second-order valence-corrected chi connectivity index (χ2v) is 8.66. The molecule has 1 amide bonds. The average molecular weight is 471 g/mol. The number of benzene rings is 2. The zero-order valence-electron chi connectivity index (χ0n) is 19.5. The van der Waals surface area contributed by atoms with Crippen LogP contribution in [0.15, 0.2) is 67.1 Å². The lowest BCUT2D eigenvalue weighted by molar-refractivity contribution is 0.0936. The highest BCUT2D eigenvalue weighted by Crippen LogP contribution is 2.31. The number of amides is 1. The highest BCUT2D eigenvalue weighted by molar-refractivity contribution is 5.95. The van der Waals surface area contributed by atoms with Gasteiger partial charge in [-0.3, -0.25) is 14.8 Å². The first kappa shape index (κ1) is 22.7. The Morgan fingerprint density at radius 1 is 1.11 bits per heavy atom. The summed E-state index contributed by atoms with van der Waals surface area (Å²) in [6.07, 6.45) is 7.06. The van der Waals surface area contributed by atoms with Gasteiger partial charge in [-0.2, -0.15) is 0 Å². The van der Waals surface area contributed by atoms with Crippen LogP contribution in [0.3, 0.4) is 0 Å². The predicted octanol–water partition coefficient (Wildman–Crippen LogP) is 4.66. The van der Waals surface area contributed by atoms with E-state index in [9.17, 15) is 9.18 Å². The minimum absolute atomic E-state index is 0.0656. The zero-order valence-corrected chi connectivity index (χ0v) is 19.5. The first-order valence-corrected chi connectivity index (χ1v) is 11.9. The SMILES string of the molecule is CCCNc1cc(-c2ccc(N3CC[C@H](NC(=O)c4ccccc4F)C3)nc2)c2nccnc2c1. The lowest BCUT2D eigenvalue weighted by Gasteiger charge is -2.18. The van der Waals surface area contributed by atoms with Gasteiger partial charge in [0.25, 0.3) is 5.91 Å². The molecule has 1 atom stereocenters. The number of anilines is 2. The predicted molar refractivity (Wildman–Crippen MR) is 136 cm³/mol. The van der Waals surface area contributed by atoms with Crippen LogP contribution in [-0.2, 0) is 0 Å². The van der Waals surface area contributed by atoms with Gasteiger partial charge < -0.3 is 15.5 Å². The van der Waals surface area contributed by atoms with E-state index in [0.717, 1.165) is 59.6 Å². The first-order chi connectivity index (χ1) is 17.1. The monoisotopic (exact) mass is 470 g/mol. The maximum atomic E-state index is 13.9. The van der Waals surface area contributed by atoms with E-state index in [4.69, 9.17) is 4.98 Å². The van der Waals surface area contributed by atoms with Crippen molar-refractivity contribution in [2.24, 2.45) is 0 Å². The third-order valence-corrected chi connectivity index (χ3v) is 6.18. The third kappa shape index (κ3) is 4.91. The topological polar surface area (TPSA) is 83.0 Å². The number of halogens is 1. The Morgan fingerprint density at radius 2 is 1.97 bits per heavy atom. The Kier molecular flexibility index (Phi) is 6.52. The van der Waals surface area contributed by atoms with Gasteiger partial charge in [0.1, 0.15) is 11.6 Å². The molecular formula is C27H27FN6O. The number of pyridine rings is 1. The van der Waals surface area contributed by atoms with Crippen LogP contribution in [0.4, 0.5) is 15.9 Å². The number of fused-ring (bicyclic) bond motifs is 1. The molecule has 1 fully saturated rings. The van der Waals surface area contributed by atoms with Gasteiger partial charge >= 0.3 is 0 Å². The first-order valence-electron chi connectivity index (χ1n) is 11.9. The fraction of sp³-hybridized carbons (Fsp3) is 0.259. The molecule has 1 aliphatic rings. The van der Waals surface area contributed by atoms with E-state index >= 15 is 0 Å². The molecule has 0 aliphatic carbocycles. The molecule has 0 saturated carbocycles. The van der Waals surface area contributed by atoms with Gasteiger partial charge in [-0.15, -0.1) is 0 Å². The standard InChI is InChI=1S/C27H27FN6O/c1-2-10-29-20-14-22(26-24(15-20)30-11-12-31-26)18-7-8-25(32-16-18)34-13-9-19(17-34)33-27(35)21-5-3-4-6-23(21)28/h3-8,11-12,14-16,19,29H,2,9-10,13,17H2,1H3,(H,33,35)/t19-/m0/s1. The molecule has 2 N–H and O–H groups in total. The highest BCUT2D eigenvalue weighted by atomic mass is 19.1. The van der Waals surface area contributed by atoms with Crippen molar-refractivity contribution < 1.29 is 9.18 Å². The van der Waals surface area contributed by atoms with Gasteiger partial charge in [0, 0.05) is 61.1 Å². The molecule has 0 unspecified atom stereocenters. The molecular weight excluding hydrogens is 443 g/mol. The number of nitrogens with one attached hydrogen (secondary N) is 2. The van der Waals surface area contributed by atoms with E-state index in [1.54, 1.807) is 24.5 Å². The van der Waals surface area contributed by atoms with Crippen molar-refractivity contribution in [2.45, 2.75) is 25.8 Å². The molecule has 0 bridgehead atoms. The van der Waals surface area contributed by atoms with Crippen LogP contribution in [0.2, 0.25) is 0 Å². The van der Waals surface area contributed by atoms with Gasteiger partial charge in [0.15, 0.2) is 0 Å². The maximum Gasteiger partial charge on any atom is 0.254 e. The van der Waals surface area contributed by atoms with Crippen LogP contribution >= 0.6 is 0 Å². The van der Waals surface area contributed by atoms with E-state index in [1.807, 2.05) is 24.4 Å². The Labute approximate surface area is 203 Å². The number of carbonyl (C=O) groups is 1. The smallest absolute Gasteiger partial charge is 0.254 e.